The van der Waals surface area contributed by atoms with E-state index in [-0.39, 0.29) is 25.1 Å². The van der Waals surface area contributed by atoms with Crippen LogP contribution < -0.4 is 16.0 Å². The van der Waals surface area contributed by atoms with Crippen molar-refractivity contribution in [2.24, 2.45) is 5.92 Å². The second-order valence-electron chi connectivity index (χ2n) is 9.43. The Labute approximate surface area is 229 Å². The van der Waals surface area contributed by atoms with Gasteiger partial charge in [-0.15, -0.1) is 0 Å². The van der Waals surface area contributed by atoms with E-state index in [2.05, 4.69) is 20.7 Å². The van der Waals surface area contributed by atoms with Crippen LogP contribution in [0.3, 0.4) is 0 Å². The molecule has 0 aliphatic heterocycles. The molecule has 1 unspecified atom stereocenters. The normalized spacial score (nSPS) is 15.6. The van der Waals surface area contributed by atoms with Crippen LogP contribution in [0.2, 0.25) is 10.0 Å². The molecule has 0 aromatic heterocycles. The third-order valence-corrected chi connectivity index (χ3v) is 7.19. The van der Waals surface area contributed by atoms with Crippen molar-refractivity contribution >= 4 is 35.2 Å². The minimum Gasteiger partial charge on any atom is -0.453 e. The summed E-state index contributed by atoms with van der Waals surface area (Å²) in [6, 6.07) is 12.8. The lowest BCUT2D eigenvalue weighted by atomic mass is 9.85. The summed E-state index contributed by atoms with van der Waals surface area (Å²) in [7, 11) is 3.25. The molecule has 9 heteroatoms. The van der Waals surface area contributed by atoms with Gasteiger partial charge >= 0.3 is 6.09 Å². The van der Waals surface area contributed by atoms with Crippen LogP contribution in [0.15, 0.2) is 42.5 Å². The Morgan fingerprint density at radius 3 is 2.46 bits per heavy atom. The van der Waals surface area contributed by atoms with Crippen LogP contribution in [0.5, 0.6) is 0 Å². The van der Waals surface area contributed by atoms with Crippen molar-refractivity contribution in [3.63, 3.8) is 0 Å². The highest BCUT2D eigenvalue weighted by atomic mass is 35.5. The van der Waals surface area contributed by atoms with Crippen molar-refractivity contribution in [1.82, 2.24) is 16.0 Å². The second kappa shape index (κ2) is 15.2. The van der Waals surface area contributed by atoms with Crippen molar-refractivity contribution in [2.75, 3.05) is 33.9 Å². The van der Waals surface area contributed by atoms with Gasteiger partial charge in [0.15, 0.2) is 0 Å². The first-order valence-electron chi connectivity index (χ1n) is 12.8. The first kappa shape index (κ1) is 29.2. The molecule has 0 heterocycles. The Balaban J connectivity index is 1.71. The molecule has 3 N–H and O–H groups in total. The molecular weight excluding hydrogens is 513 g/mol. The predicted molar refractivity (Wildman–Crippen MR) is 147 cm³/mol. The molecule has 0 bridgehead atoms. The number of halogens is 2. The first-order chi connectivity index (χ1) is 17.9. The van der Waals surface area contributed by atoms with E-state index in [1.165, 1.54) is 39.2 Å². The Hall–Kier alpha value is -2.32. The van der Waals surface area contributed by atoms with Crippen molar-refractivity contribution in [3.8, 4) is 0 Å². The number of benzene rings is 2. The van der Waals surface area contributed by atoms with Gasteiger partial charge in [-0.05, 0) is 60.8 Å². The summed E-state index contributed by atoms with van der Waals surface area (Å²) in [4.78, 5) is 24.5. The van der Waals surface area contributed by atoms with Crippen LogP contribution in [0.4, 0.5) is 4.79 Å². The number of carbonyl (C=O) groups excluding carboxylic acids is 2. The fraction of sp³-hybridized carbons (Fsp3) is 0.500. The van der Waals surface area contributed by atoms with Crippen molar-refractivity contribution < 1.29 is 19.1 Å². The molecule has 0 radical (unpaired) electrons. The van der Waals surface area contributed by atoms with Gasteiger partial charge in [0.1, 0.15) is 6.10 Å². The van der Waals surface area contributed by atoms with E-state index in [1.54, 1.807) is 24.3 Å². The van der Waals surface area contributed by atoms with Gasteiger partial charge in [0.2, 0.25) is 0 Å². The van der Waals surface area contributed by atoms with Crippen LogP contribution in [-0.2, 0) is 9.47 Å². The van der Waals surface area contributed by atoms with E-state index in [9.17, 15) is 9.59 Å². The number of methoxy groups -OCH3 is 1. The van der Waals surface area contributed by atoms with Gasteiger partial charge in [0, 0.05) is 34.7 Å². The van der Waals surface area contributed by atoms with Crippen molar-refractivity contribution in [3.05, 3.63) is 69.2 Å². The smallest absolute Gasteiger partial charge is 0.406 e. The molecule has 1 fully saturated rings. The van der Waals surface area contributed by atoms with E-state index in [1.807, 2.05) is 25.2 Å². The molecule has 2 amide bonds. The van der Waals surface area contributed by atoms with Gasteiger partial charge in [-0.3, -0.25) is 4.79 Å². The maximum absolute atomic E-state index is 13.1. The van der Waals surface area contributed by atoms with E-state index >= 15 is 0 Å². The molecule has 7 nitrogen and oxygen atoms in total. The van der Waals surface area contributed by atoms with Crippen molar-refractivity contribution in [2.45, 2.75) is 50.7 Å². The number of hydrogen-bond acceptors (Lipinski definition) is 5. The Morgan fingerprint density at radius 2 is 1.76 bits per heavy atom. The molecule has 3 rings (SSSR count). The maximum Gasteiger partial charge on any atom is 0.406 e. The summed E-state index contributed by atoms with van der Waals surface area (Å²) in [5.41, 5.74) is 1.98. The van der Waals surface area contributed by atoms with E-state index in [4.69, 9.17) is 27.9 Å². The van der Waals surface area contributed by atoms with Gasteiger partial charge < -0.3 is 25.4 Å². The summed E-state index contributed by atoms with van der Waals surface area (Å²) in [6.07, 6.45) is 6.44. The number of nitrogens with one attached hydrogen (secondary N) is 3. The zero-order valence-electron chi connectivity index (χ0n) is 21.5. The fourth-order valence-electron chi connectivity index (χ4n) is 4.80. The number of ether oxygens (including phenoxy) is 2. The molecule has 0 saturated heterocycles. The predicted octanol–water partition coefficient (Wildman–Crippen LogP) is 5.74. The second-order valence-corrected chi connectivity index (χ2v) is 10.3. The number of carbonyl (C=O) groups is 2. The SMILES string of the molecule is CN[C@@H](CNC(=O)c1cc(Cl)cc(C(OCCNC(=O)OC)c2cccc(Cl)c2)c1)CC1CCCCC1. The van der Waals surface area contributed by atoms with E-state index in [0.717, 1.165) is 12.0 Å². The third-order valence-electron chi connectivity index (χ3n) is 6.74. The minimum atomic E-state index is -0.542. The monoisotopic (exact) mass is 549 g/mol. The Kier molecular flexibility index (Phi) is 12.0. The molecule has 1 saturated carbocycles. The Morgan fingerprint density at radius 1 is 1.00 bits per heavy atom. The topological polar surface area (TPSA) is 88.7 Å². The van der Waals surface area contributed by atoms with E-state index < -0.39 is 12.2 Å². The largest absolute Gasteiger partial charge is 0.453 e. The molecule has 202 valence electrons. The highest BCUT2D eigenvalue weighted by molar-refractivity contribution is 6.31. The highest BCUT2D eigenvalue weighted by Gasteiger charge is 2.21. The summed E-state index contributed by atoms with van der Waals surface area (Å²) >= 11 is 12.7. The van der Waals surface area contributed by atoms with Gasteiger partial charge in [-0.1, -0.05) is 67.4 Å². The molecule has 2 aromatic rings. The summed E-state index contributed by atoms with van der Waals surface area (Å²) < 4.78 is 10.7. The quantitative estimate of drug-likeness (QED) is 0.293. The molecule has 1 aliphatic carbocycles. The molecule has 1 aliphatic rings. The van der Waals surface area contributed by atoms with Gasteiger partial charge in [-0.2, -0.15) is 0 Å². The van der Waals surface area contributed by atoms with Crippen molar-refractivity contribution in [1.29, 1.82) is 0 Å². The van der Waals surface area contributed by atoms with Crippen LogP contribution >= 0.6 is 23.2 Å². The zero-order chi connectivity index (χ0) is 26.6. The standard InChI is InChI=1S/C28H37Cl2N3O4/c1-31-25(13-19-7-4-3-5-8-19)18-33-27(34)22-14-21(16-24(30)17-22)26(20-9-6-10-23(29)15-20)37-12-11-32-28(35)36-2/h6,9-10,14-17,19,25-26,31H,3-5,7-8,11-13,18H2,1-2H3,(H,32,35)(H,33,34)/t25-,26?/m1/s1. The highest BCUT2D eigenvalue weighted by Crippen LogP contribution is 2.31. The van der Waals surface area contributed by atoms with Gasteiger partial charge in [0.25, 0.3) is 5.91 Å². The lowest BCUT2D eigenvalue weighted by molar-refractivity contribution is 0.0804. The van der Waals surface area contributed by atoms with Crippen LogP contribution in [0, 0.1) is 5.92 Å². The summed E-state index contributed by atoms with van der Waals surface area (Å²) in [6.45, 7) is 1.01. The fourth-order valence-corrected chi connectivity index (χ4v) is 5.24. The summed E-state index contributed by atoms with van der Waals surface area (Å²) in [5, 5.41) is 10.0. The molecule has 2 aromatic carbocycles. The molecular formula is C28H37Cl2N3O4. The summed E-state index contributed by atoms with van der Waals surface area (Å²) in [5.74, 6) is 0.523. The van der Waals surface area contributed by atoms with Crippen LogP contribution in [-0.4, -0.2) is 51.9 Å². The molecule has 2 atom stereocenters. The number of likely N-dealkylation sites (N-methyl/N-ethyl adjacent to an activating group) is 1. The number of hydrogen-bond donors (Lipinski definition) is 3. The molecule has 37 heavy (non-hydrogen) atoms. The van der Waals surface area contributed by atoms with Gasteiger partial charge in [0.05, 0.1) is 13.7 Å². The van der Waals surface area contributed by atoms with E-state index in [0.29, 0.717) is 33.6 Å². The first-order valence-corrected chi connectivity index (χ1v) is 13.6. The lowest BCUT2D eigenvalue weighted by Crippen LogP contribution is -2.40. The number of alkyl carbamates (subject to hydrolysis) is 1. The average Bonchev–Trinajstić information content (AvgIpc) is 2.90. The van der Waals surface area contributed by atoms with Crippen LogP contribution in [0.1, 0.15) is 66.1 Å². The zero-order valence-corrected chi connectivity index (χ0v) is 23.0. The Bertz CT molecular complexity index is 1030. The number of rotatable bonds is 12. The third kappa shape index (κ3) is 9.49. The minimum absolute atomic E-state index is 0.190. The molecule has 0 spiro atoms. The lowest BCUT2D eigenvalue weighted by Gasteiger charge is -2.26. The average molecular weight is 551 g/mol. The number of amides is 2. The van der Waals surface area contributed by atoms with Gasteiger partial charge in [-0.25, -0.2) is 4.79 Å². The van der Waals surface area contributed by atoms with Crippen LogP contribution in [0.25, 0.3) is 0 Å². The maximum atomic E-state index is 13.1.